The normalized spacial score (nSPS) is 11.9. The Morgan fingerprint density at radius 1 is 1.07 bits per heavy atom. The van der Waals surface area contributed by atoms with Gasteiger partial charge in [0, 0.05) is 29.8 Å². The van der Waals surface area contributed by atoms with Crippen LogP contribution in [0.1, 0.15) is 23.1 Å². The quantitative estimate of drug-likeness (QED) is 0.347. The number of benzene rings is 2. The number of hydrogen-bond acceptors (Lipinski definition) is 4. The molecule has 0 saturated carbocycles. The Labute approximate surface area is 180 Å². The summed E-state index contributed by atoms with van der Waals surface area (Å²) in [6.45, 7) is 4.58. The van der Waals surface area contributed by atoms with Crippen LogP contribution in [-0.2, 0) is 17.8 Å². The number of nitrogens with zero attached hydrogens (tertiary/aromatic N) is 1. The van der Waals surface area contributed by atoms with Gasteiger partial charge in [0.2, 0.25) is 5.88 Å². The molecule has 0 aliphatic carbocycles. The number of pyridine rings is 1. The number of ether oxygens (including phenoxy) is 2. The van der Waals surface area contributed by atoms with Crippen molar-refractivity contribution >= 4 is 11.2 Å². The van der Waals surface area contributed by atoms with Crippen LogP contribution in [0.4, 0.5) is 4.39 Å². The van der Waals surface area contributed by atoms with Crippen LogP contribution in [0.15, 0.2) is 54.7 Å². The molecule has 0 radical (unpaired) electrons. The van der Waals surface area contributed by atoms with Gasteiger partial charge in [-0.1, -0.05) is 29.4 Å². The van der Waals surface area contributed by atoms with Gasteiger partial charge >= 0.3 is 0 Å². The second-order valence-electron chi connectivity index (χ2n) is 7.23. The highest BCUT2D eigenvalue weighted by molar-refractivity contribution is 7.90. The third-order valence-corrected chi connectivity index (χ3v) is 5.52. The SMILES string of the molecule is Cc1cccc(OCc2cc(-c3cnc(OCCC[S+](C)[O-])cc3C)ccc2F)c1. The van der Waals surface area contributed by atoms with Crippen molar-refractivity contribution in [2.45, 2.75) is 26.9 Å². The lowest BCUT2D eigenvalue weighted by Crippen LogP contribution is -2.08. The highest BCUT2D eigenvalue weighted by Gasteiger charge is 2.10. The van der Waals surface area contributed by atoms with Gasteiger partial charge in [-0.05, 0) is 54.8 Å². The largest absolute Gasteiger partial charge is 0.617 e. The number of rotatable bonds is 9. The molecule has 0 fully saturated rings. The molecule has 158 valence electrons. The van der Waals surface area contributed by atoms with Gasteiger partial charge < -0.3 is 14.0 Å². The first-order valence-electron chi connectivity index (χ1n) is 9.80. The molecule has 0 bridgehead atoms. The Morgan fingerprint density at radius 3 is 2.63 bits per heavy atom. The van der Waals surface area contributed by atoms with Crippen LogP contribution in [0, 0.1) is 19.7 Å². The Morgan fingerprint density at radius 2 is 1.90 bits per heavy atom. The van der Waals surface area contributed by atoms with E-state index >= 15 is 0 Å². The molecule has 0 N–H and O–H groups in total. The average Bonchev–Trinajstić information content (AvgIpc) is 2.71. The van der Waals surface area contributed by atoms with Crippen molar-refractivity contribution in [3.8, 4) is 22.8 Å². The van der Waals surface area contributed by atoms with Crippen molar-refractivity contribution in [2.24, 2.45) is 0 Å². The van der Waals surface area contributed by atoms with Gasteiger partial charge in [0.25, 0.3) is 0 Å². The third kappa shape index (κ3) is 6.21. The van der Waals surface area contributed by atoms with Gasteiger partial charge in [-0.25, -0.2) is 9.37 Å². The van der Waals surface area contributed by atoms with Crippen LogP contribution in [-0.4, -0.2) is 28.2 Å². The molecule has 0 amide bonds. The monoisotopic (exact) mass is 427 g/mol. The van der Waals surface area contributed by atoms with E-state index in [4.69, 9.17) is 9.47 Å². The highest BCUT2D eigenvalue weighted by Crippen LogP contribution is 2.27. The second-order valence-corrected chi connectivity index (χ2v) is 8.78. The van der Waals surface area contributed by atoms with Crippen LogP contribution >= 0.6 is 0 Å². The van der Waals surface area contributed by atoms with E-state index in [-0.39, 0.29) is 12.4 Å². The van der Waals surface area contributed by atoms with Crippen molar-refractivity contribution in [1.82, 2.24) is 4.98 Å². The molecular weight excluding hydrogens is 401 g/mol. The average molecular weight is 428 g/mol. The molecule has 1 unspecified atom stereocenters. The smallest absolute Gasteiger partial charge is 0.213 e. The number of aryl methyl sites for hydroxylation is 2. The summed E-state index contributed by atoms with van der Waals surface area (Å²) in [4.78, 5) is 4.36. The van der Waals surface area contributed by atoms with Gasteiger partial charge in [0.1, 0.15) is 23.9 Å². The van der Waals surface area contributed by atoms with Crippen LogP contribution in [0.5, 0.6) is 11.6 Å². The zero-order valence-electron chi connectivity index (χ0n) is 17.5. The van der Waals surface area contributed by atoms with E-state index in [0.29, 0.717) is 36.0 Å². The molecular formula is C24H26FNO3S. The van der Waals surface area contributed by atoms with Crippen molar-refractivity contribution in [3.05, 3.63) is 77.2 Å². The number of aromatic nitrogens is 1. The van der Waals surface area contributed by atoms with E-state index < -0.39 is 11.2 Å². The van der Waals surface area contributed by atoms with Crippen LogP contribution in [0.2, 0.25) is 0 Å². The summed E-state index contributed by atoms with van der Waals surface area (Å²) in [5.74, 6) is 1.56. The fourth-order valence-corrected chi connectivity index (χ4v) is 3.59. The van der Waals surface area contributed by atoms with E-state index in [2.05, 4.69) is 4.98 Å². The molecule has 1 aromatic heterocycles. The summed E-state index contributed by atoms with van der Waals surface area (Å²) in [5, 5.41) is 0. The minimum atomic E-state index is -0.817. The highest BCUT2D eigenvalue weighted by atomic mass is 32.2. The summed E-state index contributed by atoms with van der Waals surface area (Å²) >= 11 is -0.817. The van der Waals surface area contributed by atoms with Crippen molar-refractivity contribution in [3.63, 3.8) is 0 Å². The molecule has 2 aromatic carbocycles. The molecule has 0 aliphatic heterocycles. The second kappa shape index (κ2) is 10.5. The van der Waals surface area contributed by atoms with Gasteiger partial charge in [0.05, 0.1) is 12.9 Å². The molecule has 1 atom stereocenters. The van der Waals surface area contributed by atoms with Crippen molar-refractivity contribution < 1.29 is 18.4 Å². The maximum absolute atomic E-state index is 14.3. The maximum Gasteiger partial charge on any atom is 0.213 e. The molecule has 0 saturated heterocycles. The Balaban J connectivity index is 1.70. The summed E-state index contributed by atoms with van der Waals surface area (Å²) in [6.07, 6.45) is 4.13. The van der Waals surface area contributed by atoms with Gasteiger partial charge in [-0.3, -0.25) is 0 Å². The van der Waals surface area contributed by atoms with E-state index in [0.717, 1.165) is 22.3 Å². The van der Waals surface area contributed by atoms with E-state index in [1.54, 1.807) is 24.6 Å². The van der Waals surface area contributed by atoms with E-state index in [9.17, 15) is 8.94 Å². The molecule has 0 aliphatic rings. The van der Waals surface area contributed by atoms with Crippen LogP contribution < -0.4 is 9.47 Å². The molecule has 1 heterocycles. The maximum atomic E-state index is 14.3. The number of hydrogen-bond donors (Lipinski definition) is 0. The summed E-state index contributed by atoms with van der Waals surface area (Å²) in [6, 6.07) is 14.6. The van der Waals surface area contributed by atoms with Gasteiger partial charge in [-0.15, -0.1) is 0 Å². The first kappa shape index (κ1) is 22.1. The fraction of sp³-hybridized carbons (Fsp3) is 0.292. The molecule has 0 spiro atoms. The summed E-state index contributed by atoms with van der Waals surface area (Å²) < 4.78 is 36.8. The fourth-order valence-electron chi connectivity index (χ4n) is 3.07. The lowest BCUT2D eigenvalue weighted by molar-refractivity contribution is 0.299. The predicted octanol–water partition coefficient (Wildman–Crippen LogP) is 5.23. The van der Waals surface area contributed by atoms with Gasteiger partial charge in [0.15, 0.2) is 0 Å². The zero-order chi connectivity index (χ0) is 21.5. The standard InChI is InChI=1S/C24H26FNO3S/c1-17-6-4-7-21(12-17)29-16-20-14-19(8-9-23(20)25)22-15-26-24(13-18(22)2)28-10-5-11-30(3)27/h4,6-9,12-15H,5,10-11,16H2,1-3H3. The van der Waals surface area contributed by atoms with Crippen LogP contribution in [0.25, 0.3) is 11.1 Å². The number of halogens is 1. The lowest BCUT2D eigenvalue weighted by atomic mass is 10.0. The molecule has 3 aromatic rings. The van der Waals surface area contributed by atoms with E-state index in [1.807, 2.05) is 44.2 Å². The Hall–Kier alpha value is -2.57. The predicted molar refractivity (Wildman–Crippen MR) is 119 cm³/mol. The minimum Gasteiger partial charge on any atom is -0.617 e. The molecule has 6 heteroatoms. The van der Waals surface area contributed by atoms with Crippen molar-refractivity contribution in [2.75, 3.05) is 18.6 Å². The zero-order valence-corrected chi connectivity index (χ0v) is 18.3. The molecule has 30 heavy (non-hydrogen) atoms. The van der Waals surface area contributed by atoms with Crippen molar-refractivity contribution in [1.29, 1.82) is 0 Å². The van der Waals surface area contributed by atoms with Crippen LogP contribution in [0.3, 0.4) is 0 Å². The summed E-state index contributed by atoms with van der Waals surface area (Å²) in [5.41, 5.74) is 4.34. The Bertz CT molecular complexity index is 994. The lowest BCUT2D eigenvalue weighted by Gasteiger charge is -2.12. The Kier molecular flexibility index (Phi) is 7.71. The first-order chi connectivity index (χ1) is 14.4. The third-order valence-electron chi connectivity index (χ3n) is 4.65. The minimum absolute atomic E-state index is 0.148. The molecule has 4 nitrogen and oxygen atoms in total. The van der Waals surface area contributed by atoms with E-state index in [1.165, 1.54) is 6.07 Å². The topological polar surface area (TPSA) is 54.4 Å². The van der Waals surface area contributed by atoms with Gasteiger partial charge in [-0.2, -0.15) is 0 Å². The molecule has 3 rings (SSSR count). The first-order valence-corrected chi connectivity index (χ1v) is 11.5. The summed E-state index contributed by atoms with van der Waals surface area (Å²) in [7, 11) is 0.